The van der Waals surface area contributed by atoms with E-state index in [1.165, 1.54) is 24.3 Å². The van der Waals surface area contributed by atoms with E-state index in [1.807, 2.05) is 31.2 Å². The molecule has 4 rings (SSSR count). The van der Waals surface area contributed by atoms with Crippen molar-refractivity contribution in [1.29, 1.82) is 0 Å². The Morgan fingerprint density at radius 2 is 1.97 bits per heavy atom. The number of amides is 1. The molecule has 7 heteroatoms. The van der Waals surface area contributed by atoms with E-state index in [1.54, 1.807) is 0 Å². The number of nitrogens with one attached hydrogen (secondary N) is 1. The lowest BCUT2D eigenvalue weighted by Crippen LogP contribution is -2.22. The number of para-hydroxylation sites is 1. The van der Waals surface area contributed by atoms with Crippen LogP contribution in [-0.4, -0.2) is 23.6 Å². The highest BCUT2D eigenvalue weighted by Crippen LogP contribution is 2.50. The lowest BCUT2D eigenvalue weighted by molar-refractivity contribution is -0.116. The van der Waals surface area contributed by atoms with Gasteiger partial charge in [-0.2, -0.15) is 0 Å². The van der Waals surface area contributed by atoms with Gasteiger partial charge in [0.25, 0.3) is 0 Å². The molecule has 1 amide bonds. The third-order valence-corrected chi connectivity index (χ3v) is 6.12. The Bertz CT molecular complexity index is 1090. The third kappa shape index (κ3) is 3.49. The van der Waals surface area contributed by atoms with Gasteiger partial charge in [-0.25, -0.2) is 9.18 Å². The minimum atomic E-state index is -1.09. The van der Waals surface area contributed by atoms with Crippen LogP contribution in [0.25, 0.3) is 11.1 Å². The van der Waals surface area contributed by atoms with Crippen molar-refractivity contribution in [2.45, 2.75) is 19.3 Å². The topological polar surface area (TPSA) is 75.6 Å². The van der Waals surface area contributed by atoms with Gasteiger partial charge in [0.1, 0.15) is 16.4 Å². The Morgan fingerprint density at radius 3 is 2.66 bits per heavy atom. The summed E-state index contributed by atoms with van der Waals surface area (Å²) >= 11 is 1.14. The molecule has 1 aromatic heterocycles. The van der Waals surface area contributed by atoms with Crippen LogP contribution in [0.5, 0.6) is 5.75 Å². The average Bonchev–Trinajstić information content (AvgIpc) is 3.08. The van der Waals surface area contributed by atoms with Gasteiger partial charge in [-0.3, -0.25) is 4.79 Å². The normalized spacial score (nSPS) is 15.5. The zero-order chi connectivity index (χ0) is 20.5. The molecule has 2 N–H and O–H groups in total. The van der Waals surface area contributed by atoms with Crippen molar-refractivity contribution in [3.63, 3.8) is 0 Å². The number of carbonyl (C=O) groups excluding carboxylic acids is 1. The fourth-order valence-corrected chi connectivity index (χ4v) is 4.87. The standard InChI is InChI=1S/C22H18FNO4S/c1-2-28-16-6-4-3-5-14(16)15-11-17(25)24-19-18(12-7-9-13(23)10-8-12)21(22(26)27)29-20(15)19/h3-10,15H,2,11H2,1H3,(H,24,25)(H,26,27)/t15-/m0/s1. The first-order valence-electron chi connectivity index (χ1n) is 9.17. The van der Waals surface area contributed by atoms with E-state index < -0.39 is 11.8 Å². The van der Waals surface area contributed by atoms with Crippen LogP contribution in [0.3, 0.4) is 0 Å². The summed E-state index contributed by atoms with van der Waals surface area (Å²) in [7, 11) is 0. The van der Waals surface area contributed by atoms with Crippen LogP contribution in [0, 0.1) is 5.82 Å². The summed E-state index contributed by atoms with van der Waals surface area (Å²) in [4.78, 5) is 25.4. The second kappa shape index (κ2) is 7.67. The summed E-state index contributed by atoms with van der Waals surface area (Å²) in [6.45, 7) is 2.37. The number of aromatic carboxylic acids is 1. The fourth-order valence-electron chi connectivity index (χ4n) is 3.64. The first-order chi connectivity index (χ1) is 14.0. The lowest BCUT2D eigenvalue weighted by atomic mass is 9.88. The summed E-state index contributed by atoms with van der Waals surface area (Å²) in [6.07, 6.45) is 0.194. The van der Waals surface area contributed by atoms with E-state index in [0.29, 0.717) is 29.2 Å². The van der Waals surface area contributed by atoms with Crippen LogP contribution >= 0.6 is 11.3 Å². The molecule has 1 aliphatic heterocycles. The second-order valence-electron chi connectivity index (χ2n) is 6.63. The smallest absolute Gasteiger partial charge is 0.346 e. The minimum absolute atomic E-state index is 0.114. The van der Waals surface area contributed by atoms with Crippen LogP contribution in [0.15, 0.2) is 48.5 Å². The van der Waals surface area contributed by atoms with Crippen molar-refractivity contribution in [2.75, 3.05) is 11.9 Å². The highest BCUT2D eigenvalue weighted by Gasteiger charge is 2.35. The summed E-state index contributed by atoms with van der Waals surface area (Å²) < 4.78 is 19.1. The maximum absolute atomic E-state index is 13.4. The number of halogens is 1. The van der Waals surface area contributed by atoms with Gasteiger partial charge in [0.2, 0.25) is 5.91 Å². The second-order valence-corrected chi connectivity index (χ2v) is 7.69. The summed E-state index contributed by atoms with van der Waals surface area (Å²) in [6, 6.07) is 13.1. The van der Waals surface area contributed by atoms with Crippen molar-refractivity contribution in [1.82, 2.24) is 0 Å². The number of carbonyl (C=O) groups is 2. The van der Waals surface area contributed by atoms with Crippen LogP contribution < -0.4 is 10.1 Å². The molecular formula is C22H18FNO4S. The third-order valence-electron chi connectivity index (χ3n) is 4.83. The number of rotatable bonds is 5. The number of thiophene rings is 1. The predicted molar refractivity (Wildman–Crippen MR) is 109 cm³/mol. The van der Waals surface area contributed by atoms with E-state index in [0.717, 1.165) is 21.8 Å². The SMILES string of the molecule is CCOc1ccccc1[C@@H]1CC(=O)Nc2c1sc(C(=O)O)c2-c1ccc(F)cc1. The van der Waals surface area contributed by atoms with Crippen molar-refractivity contribution < 1.29 is 23.8 Å². The molecule has 1 atom stereocenters. The largest absolute Gasteiger partial charge is 0.494 e. The molecule has 0 bridgehead atoms. The maximum Gasteiger partial charge on any atom is 0.346 e. The molecule has 3 aromatic rings. The molecule has 2 aromatic carbocycles. The maximum atomic E-state index is 13.4. The molecule has 0 saturated carbocycles. The van der Waals surface area contributed by atoms with E-state index >= 15 is 0 Å². The first-order valence-corrected chi connectivity index (χ1v) is 9.98. The van der Waals surface area contributed by atoms with Crippen molar-refractivity contribution >= 4 is 28.9 Å². The van der Waals surface area contributed by atoms with Gasteiger partial charge in [0, 0.05) is 28.3 Å². The van der Waals surface area contributed by atoms with Crippen molar-refractivity contribution in [3.8, 4) is 16.9 Å². The Kier molecular flexibility index (Phi) is 5.07. The van der Waals surface area contributed by atoms with Gasteiger partial charge in [0.15, 0.2) is 0 Å². The van der Waals surface area contributed by atoms with Gasteiger partial charge in [-0.1, -0.05) is 30.3 Å². The van der Waals surface area contributed by atoms with Crippen molar-refractivity contribution in [3.05, 3.63) is 69.7 Å². The van der Waals surface area contributed by atoms with E-state index in [9.17, 15) is 19.1 Å². The summed E-state index contributed by atoms with van der Waals surface area (Å²) in [5.74, 6) is -1.35. The molecule has 0 saturated heterocycles. The van der Waals surface area contributed by atoms with Crippen LogP contribution in [0.2, 0.25) is 0 Å². The Hall–Kier alpha value is -3.19. The molecule has 0 unspecified atom stereocenters. The van der Waals surface area contributed by atoms with E-state index in [-0.39, 0.29) is 23.1 Å². The molecule has 0 aliphatic carbocycles. The number of fused-ring (bicyclic) bond motifs is 1. The van der Waals surface area contributed by atoms with Gasteiger partial charge in [-0.05, 0) is 30.7 Å². The molecule has 0 spiro atoms. The van der Waals surface area contributed by atoms with Gasteiger partial charge >= 0.3 is 5.97 Å². The summed E-state index contributed by atoms with van der Waals surface area (Å²) in [5, 5.41) is 12.6. The highest BCUT2D eigenvalue weighted by molar-refractivity contribution is 7.15. The quantitative estimate of drug-likeness (QED) is 0.611. The molecule has 0 fully saturated rings. The number of ether oxygens (including phenoxy) is 1. The van der Waals surface area contributed by atoms with Crippen LogP contribution in [0.4, 0.5) is 10.1 Å². The highest BCUT2D eigenvalue weighted by atomic mass is 32.1. The number of carboxylic acids is 1. The molecular weight excluding hydrogens is 393 g/mol. The van der Waals surface area contributed by atoms with Gasteiger partial charge < -0.3 is 15.2 Å². The molecule has 1 aliphatic rings. The zero-order valence-electron chi connectivity index (χ0n) is 15.6. The number of benzene rings is 2. The number of anilines is 1. The molecule has 148 valence electrons. The first kappa shape index (κ1) is 19.1. The lowest BCUT2D eigenvalue weighted by Gasteiger charge is -2.25. The monoisotopic (exact) mass is 411 g/mol. The number of hydrogen-bond donors (Lipinski definition) is 2. The average molecular weight is 411 g/mol. The van der Waals surface area contributed by atoms with Gasteiger partial charge in [-0.15, -0.1) is 11.3 Å². The number of carboxylic acid groups (broad SMARTS) is 1. The molecule has 5 nitrogen and oxygen atoms in total. The Morgan fingerprint density at radius 1 is 1.24 bits per heavy atom. The summed E-state index contributed by atoms with van der Waals surface area (Å²) in [5.41, 5.74) is 2.27. The Labute approximate surface area is 170 Å². The van der Waals surface area contributed by atoms with Crippen LogP contribution in [-0.2, 0) is 4.79 Å². The predicted octanol–water partition coefficient (Wildman–Crippen LogP) is 5.13. The van der Waals surface area contributed by atoms with Crippen LogP contribution in [0.1, 0.15) is 39.4 Å². The number of hydrogen-bond acceptors (Lipinski definition) is 4. The van der Waals surface area contributed by atoms with E-state index in [2.05, 4.69) is 5.32 Å². The zero-order valence-corrected chi connectivity index (χ0v) is 16.4. The Balaban J connectivity index is 1.92. The molecule has 2 heterocycles. The fraction of sp³-hybridized carbons (Fsp3) is 0.182. The molecule has 0 radical (unpaired) electrons. The van der Waals surface area contributed by atoms with Crippen molar-refractivity contribution in [2.24, 2.45) is 0 Å². The minimum Gasteiger partial charge on any atom is -0.494 e. The molecule has 29 heavy (non-hydrogen) atoms. The van der Waals surface area contributed by atoms with E-state index in [4.69, 9.17) is 4.74 Å². The van der Waals surface area contributed by atoms with Gasteiger partial charge in [0.05, 0.1) is 12.3 Å².